The van der Waals surface area contributed by atoms with Crippen molar-refractivity contribution in [3.8, 4) is 0 Å². The summed E-state index contributed by atoms with van der Waals surface area (Å²) in [7, 11) is 0. The van der Waals surface area contributed by atoms with Crippen LogP contribution in [-0.2, 0) is 20.8 Å². The molecule has 28 heavy (non-hydrogen) atoms. The molecule has 0 radical (unpaired) electrons. The highest BCUT2D eigenvalue weighted by molar-refractivity contribution is 5.97. The minimum absolute atomic E-state index is 0. The van der Waals surface area contributed by atoms with E-state index in [1.54, 1.807) is 6.92 Å². The SMILES string of the molecule is CCC.CCc1ccc(NC(=O)[C@H](C)NC(=O)CNC(=O)CCC(C)C)cc1.[HH].[HH].[HH]. The Morgan fingerprint density at radius 2 is 1.54 bits per heavy atom. The molecule has 1 rings (SSSR count). The van der Waals surface area contributed by atoms with Crippen molar-refractivity contribution in [1.29, 1.82) is 0 Å². The average molecular weight is 398 g/mol. The summed E-state index contributed by atoms with van der Waals surface area (Å²) in [5, 5.41) is 7.89. The van der Waals surface area contributed by atoms with Crippen LogP contribution in [0, 0.1) is 5.92 Å². The summed E-state index contributed by atoms with van der Waals surface area (Å²) in [6, 6.07) is 6.88. The van der Waals surface area contributed by atoms with Crippen molar-refractivity contribution in [3.05, 3.63) is 29.8 Å². The minimum atomic E-state index is -0.689. The summed E-state index contributed by atoms with van der Waals surface area (Å²) in [5.41, 5.74) is 1.87. The van der Waals surface area contributed by atoms with E-state index in [9.17, 15) is 14.4 Å². The molecular formula is C22H43N3O3. The third kappa shape index (κ3) is 12.1. The Balaban J connectivity index is -0.000000572. The largest absolute Gasteiger partial charge is 0.347 e. The highest BCUT2D eigenvalue weighted by Gasteiger charge is 2.16. The van der Waals surface area contributed by atoms with Gasteiger partial charge in [-0.3, -0.25) is 14.4 Å². The van der Waals surface area contributed by atoms with Gasteiger partial charge in [0.1, 0.15) is 6.04 Å². The summed E-state index contributed by atoms with van der Waals surface area (Å²) in [6.45, 7) is 11.9. The van der Waals surface area contributed by atoms with E-state index in [4.69, 9.17) is 0 Å². The molecule has 6 nitrogen and oxygen atoms in total. The summed E-state index contributed by atoms with van der Waals surface area (Å²) in [4.78, 5) is 35.5. The molecule has 0 unspecified atom stereocenters. The van der Waals surface area contributed by atoms with E-state index in [2.05, 4.69) is 36.7 Å². The Bertz CT molecular complexity index is 612. The zero-order valence-corrected chi connectivity index (χ0v) is 18.2. The van der Waals surface area contributed by atoms with Gasteiger partial charge >= 0.3 is 0 Å². The molecule has 0 fully saturated rings. The fraction of sp³-hybridized carbons (Fsp3) is 0.591. The van der Waals surface area contributed by atoms with Crippen LogP contribution < -0.4 is 16.0 Å². The quantitative estimate of drug-likeness (QED) is 0.577. The van der Waals surface area contributed by atoms with Crippen LogP contribution in [0.2, 0.25) is 0 Å². The van der Waals surface area contributed by atoms with E-state index in [-0.39, 0.29) is 28.5 Å². The number of amides is 3. The lowest BCUT2D eigenvalue weighted by molar-refractivity contribution is -0.128. The smallest absolute Gasteiger partial charge is 0.246 e. The normalized spacial score (nSPS) is 11.1. The first-order chi connectivity index (χ1) is 13.2. The lowest BCUT2D eigenvalue weighted by Gasteiger charge is -2.15. The van der Waals surface area contributed by atoms with Crippen molar-refractivity contribution in [2.24, 2.45) is 5.92 Å². The molecule has 3 amide bonds. The standard InChI is InChI=1S/C19H29N3O3.C3H8.3H2/c1-5-15-7-9-16(10-8-15)22-19(25)14(4)21-18(24)12-20-17(23)11-6-13(2)3;1-3-2;;;/h7-10,13-14H,5-6,11-12H2,1-4H3,(H,20,23)(H,21,24)(H,22,25);3H2,1-2H3;3*1H/t14-;;;;/m0..../s1. The molecule has 164 valence electrons. The number of hydrogen-bond acceptors (Lipinski definition) is 3. The van der Waals surface area contributed by atoms with Gasteiger partial charge in [0.2, 0.25) is 17.7 Å². The number of benzene rings is 1. The molecule has 0 bridgehead atoms. The van der Waals surface area contributed by atoms with Gasteiger partial charge in [0.05, 0.1) is 6.54 Å². The van der Waals surface area contributed by atoms with Gasteiger partial charge in [-0.05, 0) is 43.4 Å². The van der Waals surface area contributed by atoms with Crippen molar-refractivity contribution < 1.29 is 18.7 Å². The lowest BCUT2D eigenvalue weighted by atomic mass is 10.1. The fourth-order valence-corrected chi connectivity index (χ4v) is 2.12. The lowest BCUT2D eigenvalue weighted by Crippen LogP contribution is -2.45. The minimum Gasteiger partial charge on any atom is -0.347 e. The third-order valence-electron chi connectivity index (χ3n) is 3.80. The predicted octanol–water partition coefficient (Wildman–Crippen LogP) is 4.40. The second-order valence-corrected chi connectivity index (χ2v) is 7.25. The first-order valence-corrected chi connectivity index (χ1v) is 10.2. The first-order valence-electron chi connectivity index (χ1n) is 10.2. The Labute approximate surface area is 174 Å². The molecule has 0 aliphatic carbocycles. The molecule has 1 atom stereocenters. The van der Waals surface area contributed by atoms with Crippen LogP contribution >= 0.6 is 0 Å². The number of hydrogen-bond donors (Lipinski definition) is 3. The second-order valence-electron chi connectivity index (χ2n) is 7.25. The van der Waals surface area contributed by atoms with Gasteiger partial charge in [-0.2, -0.15) is 0 Å². The summed E-state index contributed by atoms with van der Waals surface area (Å²) in [6.07, 6.45) is 3.36. The fourth-order valence-electron chi connectivity index (χ4n) is 2.12. The van der Waals surface area contributed by atoms with Crippen LogP contribution in [0.15, 0.2) is 24.3 Å². The van der Waals surface area contributed by atoms with Crippen molar-refractivity contribution in [2.45, 2.75) is 73.3 Å². The van der Waals surface area contributed by atoms with Gasteiger partial charge in [-0.25, -0.2) is 0 Å². The van der Waals surface area contributed by atoms with E-state index in [0.29, 0.717) is 18.0 Å². The Kier molecular flexibility index (Phi) is 13.4. The molecule has 1 aromatic carbocycles. The van der Waals surface area contributed by atoms with E-state index in [1.165, 1.54) is 12.0 Å². The molecule has 0 saturated heterocycles. The van der Waals surface area contributed by atoms with Gasteiger partial charge < -0.3 is 16.0 Å². The molecule has 0 saturated carbocycles. The molecule has 1 aromatic rings. The van der Waals surface area contributed by atoms with Crippen LogP contribution in [0.1, 0.15) is 70.6 Å². The molecule has 6 heteroatoms. The van der Waals surface area contributed by atoms with Crippen LogP contribution in [0.3, 0.4) is 0 Å². The Morgan fingerprint density at radius 1 is 0.964 bits per heavy atom. The number of carbonyl (C=O) groups excluding carboxylic acids is 3. The van der Waals surface area contributed by atoms with Crippen molar-refractivity contribution in [1.82, 2.24) is 10.6 Å². The second kappa shape index (κ2) is 14.7. The summed E-state index contributed by atoms with van der Waals surface area (Å²) >= 11 is 0. The summed E-state index contributed by atoms with van der Waals surface area (Å²) in [5.74, 6) is -0.405. The van der Waals surface area contributed by atoms with Crippen LogP contribution in [-0.4, -0.2) is 30.3 Å². The zero-order chi connectivity index (χ0) is 21.5. The number of carbonyl (C=O) groups is 3. The van der Waals surface area contributed by atoms with Gasteiger partial charge in [0.25, 0.3) is 0 Å². The Morgan fingerprint density at radius 3 is 2.04 bits per heavy atom. The van der Waals surface area contributed by atoms with E-state index in [1.807, 2.05) is 38.1 Å². The van der Waals surface area contributed by atoms with Crippen molar-refractivity contribution in [3.63, 3.8) is 0 Å². The zero-order valence-electron chi connectivity index (χ0n) is 18.2. The first kappa shape index (κ1) is 25.6. The maximum atomic E-state index is 12.1. The maximum absolute atomic E-state index is 12.1. The topological polar surface area (TPSA) is 87.3 Å². The predicted molar refractivity (Wildman–Crippen MR) is 121 cm³/mol. The Hall–Kier alpha value is -2.37. The molecule has 0 heterocycles. The third-order valence-corrected chi connectivity index (χ3v) is 3.80. The molecule has 0 spiro atoms. The number of nitrogens with one attached hydrogen (secondary N) is 3. The van der Waals surface area contributed by atoms with E-state index >= 15 is 0 Å². The number of rotatable bonds is 9. The van der Waals surface area contributed by atoms with Gasteiger partial charge in [0.15, 0.2) is 0 Å². The van der Waals surface area contributed by atoms with Crippen LogP contribution in [0.4, 0.5) is 5.69 Å². The molecular weight excluding hydrogens is 354 g/mol. The monoisotopic (exact) mass is 397 g/mol. The number of anilines is 1. The van der Waals surface area contributed by atoms with Crippen molar-refractivity contribution >= 4 is 23.4 Å². The highest BCUT2D eigenvalue weighted by Crippen LogP contribution is 2.10. The highest BCUT2D eigenvalue weighted by atomic mass is 16.2. The number of aryl methyl sites for hydroxylation is 1. The summed E-state index contributed by atoms with van der Waals surface area (Å²) < 4.78 is 0. The van der Waals surface area contributed by atoms with E-state index < -0.39 is 6.04 Å². The van der Waals surface area contributed by atoms with Gasteiger partial charge in [-0.1, -0.05) is 53.2 Å². The van der Waals surface area contributed by atoms with Crippen LogP contribution in [0.25, 0.3) is 0 Å². The molecule has 0 aliphatic rings. The van der Waals surface area contributed by atoms with Crippen LogP contribution in [0.5, 0.6) is 0 Å². The van der Waals surface area contributed by atoms with Crippen molar-refractivity contribution in [2.75, 3.05) is 11.9 Å². The average Bonchev–Trinajstić information content (AvgIpc) is 2.65. The van der Waals surface area contributed by atoms with Gasteiger partial charge in [-0.15, -0.1) is 0 Å². The maximum Gasteiger partial charge on any atom is 0.246 e. The van der Waals surface area contributed by atoms with E-state index in [0.717, 1.165) is 12.8 Å². The molecule has 3 N–H and O–H groups in total. The molecule has 0 aliphatic heterocycles. The molecule has 0 aromatic heterocycles. The van der Waals surface area contributed by atoms with Gasteiger partial charge in [0, 0.05) is 16.4 Å².